The van der Waals surface area contributed by atoms with Gasteiger partial charge >= 0.3 is 20.0 Å². The van der Waals surface area contributed by atoms with E-state index in [1.165, 1.54) is 0 Å². The van der Waals surface area contributed by atoms with Gasteiger partial charge in [0.1, 0.15) is 0 Å². The van der Waals surface area contributed by atoms with Crippen LogP contribution in [-0.4, -0.2) is 32.0 Å². The van der Waals surface area contributed by atoms with Gasteiger partial charge in [-0.15, -0.1) is 0 Å². The van der Waals surface area contributed by atoms with Crippen molar-refractivity contribution in [1.29, 1.82) is 0 Å². The lowest BCUT2D eigenvalue weighted by Crippen LogP contribution is -2.28. The van der Waals surface area contributed by atoms with Crippen LogP contribution in [0.4, 0.5) is 0 Å². The molecule has 0 aliphatic rings. The maximum atomic E-state index is 11.3. The fourth-order valence-corrected chi connectivity index (χ4v) is 1.67. The van der Waals surface area contributed by atoms with Gasteiger partial charge in [0.2, 0.25) is 0 Å². The minimum atomic E-state index is -0.554. The monoisotopic (exact) mass is 274 g/mol. The zero-order chi connectivity index (χ0) is 13.7. The molecule has 0 saturated heterocycles. The van der Waals surface area contributed by atoms with Gasteiger partial charge in [0.25, 0.3) is 11.9 Å². The van der Waals surface area contributed by atoms with Crippen LogP contribution < -0.4 is 0 Å². The molecule has 0 aromatic heterocycles. The van der Waals surface area contributed by atoms with E-state index in [9.17, 15) is 9.59 Å². The Morgan fingerprint density at radius 3 is 1.29 bits per heavy atom. The number of hydrogen-bond donors (Lipinski definition) is 0. The Hall–Kier alpha value is -0.666. The van der Waals surface area contributed by atoms with Crippen LogP contribution in [0.3, 0.4) is 0 Å². The first-order chi connectivity index (χ1) is 7.55. The first-order valence-electron chi connectivity index (χ1n) is 5.13. The lowest BCUT2D eigenvalue weighted by molar-refractivity contribution is -0.143. The van der Waals surface area contributed by atoms with Crippen LogP contribution in [0.15, 0.2) is 0 Å². The maximum Gasteiger partial charge on any atom is 0.513 e. The van der Waals surface area contributed by atoms with Crippen molar-refractivity contribution in [2.45, 2.75) is 41.5 Å². The first kappa shape index (κ1) is 16.3. The number of carbonyl (C=O) groups excluding carboxylic acids is 2. The van der Waals surface area contributed by atoms with E-state index in [2.05, 4.69) is 0 Å². The normalized spacial score (nSPS) is 12.1. The van der Waals surface area contributed by atoms with E-state index >= 15 is 0 Å². The van der Waals surface area contributed by atoms with Gasteiger partial charge in [-0.05, 0) is 41.5 Å². The predicted molar refractivity (Wildman–Crippen MR) is 63.7 cm³/mol. The van der Waals surface area contributed by atoms with Crippen LogP contribution in [0.1, 0.15) is 41.5 Å². The second-order valence-electron chi connectivity index (χ2n) is 5.55. The zero-order valence-corrected chi connectivity index (χ0v) is 13.0. The van der Waals surface area contributed by atoms with Gasteiger partial charge in [0, 0.05) is 0 Å². The number of carbonyl (C=O) groups is 2. The third kappa shape index (κ3) is 7.29. The number of hydrogen-bond acceptors (Lipinski definition) is 5. The molecule has 0 aliphatic heterocycles. The summed E-state index contributed by atoms with van der Waals surface area (Å²) < 4.78 is 14.6. The summed E-state index contributed by atoms with van der Waals surface area (Å²) in [6.45, 7) is 10.5. The molecule has 0 saturated carbocycles. The fourth-order valence-electron chi connectivity index (χ4n) is 0.441. The molecule has 0 unspecified atom stereocenters. The standard InChI is InChI=1S/C10H18O5Si2/c1-9(2,3)7(11)13-16-15-17-14-8(12)10(4,5)6/h1-6H3. The third-order valence-electron chi connectivity index (χ3n) is 1.58. The van der Waals surface area contributed by atoms with Crippen LogP contribution in [0, 0.1) is 10.8 Å². The Balaban J connectivity index is 3.68. The smallest absolute Gasteiger partial charge is 0.491 e. The van der Waals surface area contributed by atoms with Crippen LogP contribution >= 0.6 is 0 Å². The second-order valence-corrected chi connectivity index (χ2v) is 7.11. The number of rotatable bonds is 4. The average Bonchev–Trinajstić information content (AvgIpc) is 2.13. The van der Waals surface area contributed by atoms with Crippen molar-refractivity contribution in [3.63, 3.8) is 0 Å². The summed E-state index contributed by atoms with van der Waals surface area (Å²) in [5.74, 6) is -0.689. The van der Waals surface area contributed by atoms with Gasteiger partial charge in [0.05, 0.1) is 10.8 Å². The molecule has 0 amide bonds. The Kier molecular flexibility index (Phi) is 6.07. The Morgan fingerprint density at radius 2 is 1.06 bits per heavy atom. The Bertz CT molecular complexity index is 249. The lowest BCUT2D eigenvalue weighted by atomic mass is 9.98. The molecule has 17 heavy (non-hydrogen) atoms. The fraction of sp³-hybridized carbons (Fsp3) is 0.800. The molecule has 0 atom stereocenters. The van der Waals surface area contributed by atoms with Crippen molar-refractivity contribution in [2.75, 3.05) is 0 Å². The molecule has 0 heterocycles. The van der Waals surface area contributed by atoms with E-state index < -0.39 is 30.8 Å². The molecule has 0 bridgehead atoms. The van der Waals surface area contributed by atoms with E-state index in [4.69, 9.17) is 13.0 Å². The molecule has 0 spiro atoms. The summed E-state index contributed by atoms with van der Waals surface area (Å²) >= 11 is 0. The van der Waals surface area contributed by atoms with Crippen molar-refractivity contribution in [3.05, 3.63) is 0 Å². The molecular formula is C10H18O5Si2. The molecule has 5 nitrogen and oxygen atoms in total. The van der Waals surface area contributed by atoms with Gasteiger partial charge in [-0.2, -0.15) is 0 Å². The summed E-state index contributed by atoms with van der Waals surface area (Å²) in [6.07, 6.45) is 0. The third-order valence-corrected chi connectivity index (χ3v) is 2.78. The molecule has 0 N–H and O–H groups in total. The Morgan fingerprint density at radius 1 is 0.765 bits per heavy atom. The van der Waals surface area contributed by atoms with E-state index in [1.54, 1.807) is 41.5 Å². The molecule has 4 radical (unpaired) electrons. The molecule has 0 fully saturated rings. The molecule has 7 heteroatoms. The van der Waals surface area contributed by atoms with Crippen LogP contribution in [0.2, 0.25) is 0 Å². The predicted octanol–water partition coefficient (Wildman–Crippen LogP) is 1.25. The highest BCUT2D eigenvalue weighted by Gasteiger charge is 2.25. The Labute approximate surface area is 107 Å². The van der Waals surface area contributed by atoms with Crippen molar-refractivity contribution in [3.8, 4) is 0 Å². The second kappa shape index (κ2) is 6.32. The van der Waals surface area contributed by atoms with Gasteiger partial charge in [-0.1, -0.05) is 0 Å². The van der Waals surface area contributed by atoms with E-state index in [0.29, 0.717) is 0 Å². The van der Waals surface area contributed by atoms with Crippen molar-refractivity contribution in [2.24, 2.45) is 10.8 Å². The topological polar surface area (TPSA) is 61.8 Å². The molecule has 0 aliphatic carbocycles. The maximum absolute atomic E-state index is 11.3. The highest BCUT2D eigenvalue weighted by Crippen LogP contribution is 2.15. The van der Waals surface area contributed by atoms with E-state index in [-0.39, 0.29) is 11.9 Å². The minimum absolute atomic E-state index is 0.345. The van der Waals surface area contributed by atoms with Crippen LogP contribution in [-0.2, 0) is 22.6 Å². The van der Waals surface area contributed by atoms with E-state index in [1.807, 2.05) is 0 Å². The minimum Gasteiger partial charge on any atom is -0.491 e. The van der Waals surface area contributed by atoms with Gasteiger partial charge in [-0.25, -0.2) is 0 Å². The van der Waals surface area contributed by atoms with Crippen LogP contribution in [0.5, 0.6) is 0 Å². The van der Waals surface area contributed by atoms with Crippen molar-refractivity contribution < 1.29 is 22.6 Å². The summed E-state index contributed by atoms with van der Waals surface area (Å²) in [4.78, 5) is 22.6. The summed E-state index contributed by atoms with van der Waals surface area (Å²) in [5.41, 5.74) is -1.11. The highest BCUT2D eigenvalue weighted by atomic mass is 28.3. The largest absolute Gasteiger partial charge is 0.513 e. The van der Waals surface area contributed by atoms with E-state index in [0.717, 1.165) is 0 Å². The summed E-state index contributed by atoms with van der Waals surface area (Å²) in [5, 5.41) is 0. The summed E-state index contributed by atoms with van der Waals surface area (Å²) in [6, 6.07) is 0. The van der Waals surface area contributed by atoms with Crippen molar-refractivity contribution in [1.82, 2.24) is 0 Å². The van der Waals surface area contributed by atoms with Crippen LogP contribution in [0.25, 0.3) is 0 Å². The average molecular weight is 274 g/mol. The molecule has 96 valence electrons. The molecule has 0 rings (SSSR count). The lowest BCUT2D eigenvalue weighted by Gasteiger charge is -2.17. The molecular weight excluding hydrogens is 256 g/mol. The van der Waals surface area contributed by atoms with Crippen molar-refractivity contribution >= 4 is 32.0 Å². The SMILES string of the molecule is CC(C)(C)C(=O)O[Si]O[Si]OC(=O)C(C)(C)C. The zero-order valence-electron chi connectivity index (χ0n) is 11.0. The first-order valence-corrected chi connectivity index (χ1v) is 6.77. The summed E-state index contributed by atoms with van der Waals surface area (Å²) in [7, 11) is -0.891. The van der Waals surface area contributed by atoms with Gasteiger partial charge in [-0.3, -0.25) is 9.59 Å². The van der Waals surface area contributed by atoms with Gasteiger partial charge < -0.3 is 13.0 Å². The molecule has 0 aromatic rings. The highest BCUT2D eigenvalue weighted by molar-refractivity contribution is 6.37. The quantitative estimate of drug-likeness (QED) is 0.570. The molecule has 0 aromatic carbocycles. The van der Waals surface area contributed by atoms with Gasteiger partial charge in [0.15, 0.2) is 0 Å².